The highest BCUT2D eigenvalue weighted by atomic mass is 16.5. The molecule has 0 bridgehead atoms. The number of nitrogens with zero attached hydrogens (tertiary/aromatic N) is 4. The number of aromatic nitrogens is 3. The summed E-state index contributed by atoms with van der Waals surface area (Å²) in [5.41, 5.74) is 8.45. The molecule has 2 atom stereocenters. The van der Waals surface area contributed by atoms with E-state index in [2.05, 4.69) is 31.1 Å². The van der Waals surface area contributed by atoms with Crippen LogP contribution >= 0.6 is 0 Å². The molecule has 10 nitrogen and oxygen atoms in total. The molecule has 3 aromatic rings. The fraction of sp³-hybridized carbons (Fsp3) is 0.263. The van der Waals surface area contributed by atoms with Gasteiger partial charge in [0.05, 0.1) is 31.7 Å². The summed E-state index contributed by atoms with van der Waals surface area (Å²) in [5.74, 6) is 2.00. The number of rotatable bonds is 7. The second-order valence-corrected chi connectivity index (χ2v) is 6.34. The number of oxazole rings is 1. The average molecular weight is 393 g/mol. The van der Waals surface area contributed by atoms with Crippen molar-refractivity contribution in [2.75, 3.05) is 12.4 Å². The molecule has 0 spiro atoms. The number of methoxy groups -OCH3 is 1. The van der Waals surface area contributed by atoms with E-state index in [9.17, 15) is 0 Å². The molecule has 1 aromatic carbocycles. The highest BCUT2D eigenvalue weighted by Gasteiger charge is 2.27. The van der Waals surface area contributed by atoms with Crippen LogP contribution in [-0.4, -0.2) is 28.2 Å². The smallest absolute Gasteiger partial charge is 0.180 e. The summed E-state index contributed by atoms with van der Waals surface area (Å²) in [6.45, 7) is 0.319. The summed E-state index contributed by atoms with van der Waals surface area (Å²) in [5, 5.41) is 12.0. The average Bonchev–Trinajstić information content (AvgIpc) is 3.45. The van der Waals surface area contributed by atoms with Crippen LogP contribution in [0.2, 0.25) is 0 Å². The molecule has 3 heterocycles. The molecule has 10 heteroatoms. The van der Waals surface area contributed by atoms with Gasteiger partial charge in [-0.15, -0.1) is 0 Å². The Balaban J connectivity index is 1.39. The molecule has 0 aliphatic carbocycles. The van der Waals surface area contributed by atoms with Crippen molar-refractivity contribution in [3.63, 3.8) is 0 Å². The zero-order valence-corrected chi connectivity index (χ0v) is 15.6. The fourth-order valence-corrected chi connectivity index (χ4v) is 3.03. The molecule has 1 saturated heterocycles. The summed E-state index contributed by atoms with van der Waals surface area (Å²) < 4.78 is 16.2. The van der Waals surface area contributed by atoms with Gasteiger partial charge >= 0.3 is 0 Å². The first kappa shape index (κ1) is 18.7. The maximum atomic E-state index is 8.80. The third-order valence-electron chi connectivity index (χ3n) is 4.44. The van der Waals surface area contributed by atoms with Gasteiger partial charge in [0.1, 0.15) is 42.0 Å². The first-order valence-electron chi connectivity index (χ1n) is 8.92. The van der Waals surface area contributed by atoms with Gasteiger partial charge in [0.15, 0.2) is 12.1 Å². The minimum absolute atomic E-state index is 0.0263. The maximum absolute atomic E-state index is 8.80. The molecule has 2 aromatic heterocycles. The van der Waals surface area contributed by atoms with Crippen LogP contribution in [0.5, 0.6) is 11.5 Å². The first-order valence-corrected chi connectivity index (χ1v) is 8.92. The van der Waals surface area contributed by atoms with Gasteiger partial charge in [0, 0.05) is 18.1 Å². The Labute approximate surface area is 166 Å². The number of hydrogen-bond donors (Lipinski definition) is 3. The van der Waals surface area contributed by atoms with E-state index in [1.807, 2.05) is 24.3 Å². The third kappa shape index (κ3) is 4.43. The zero-order valence-electron chi connectivity index (χ0n) is 15.6. The Morgan fingerprint density at radius 2 is 2.21 bits per heavy atom. The molecular formula is C19H19N7O3. The van der Waals surface area contributed by atoms with Crippen LogP contribution in [0.1, 0.15) is 29.4 Å². The highest BCUT2D eigenvalue weighted by molar-refractivity contribution is 5.43. The largest absolute Gasteiger partial charge is 0.496 e. The van der Waals surface area contributed by atoms with Gasteiger partial charge < -0.3 is 19.2 Å². The van der Waals surface area contributed by atoms with Gasteiger partial charge in [0.25, 0.3) is 0 Å². The fourth-order valence-electron chi connectivity index (χ4n) is 3.03. The summed E-state index contributed by atoms with van der Waals surface area (Å²) in [4.78, 5) is 12.2. The van der Waals surface area contributed by atoms with E-state index in [0.717, 1.165) is 23.4 Å². The molecule has 0 saturated carbocycles. The van der Waals surface area contributed by atoms with Crippen molar-refractivity contribution >= 4 is 5.82 Å². The van der Waals surface area contributed by atoms with E-state index in [1.54, 1.807) is 13.4 Å². The predicted molar refractivity (Wildman–Crippen MR) is 102 cm³/mol. The van der Waals surface area contributed by atoms with E-state index in [4.69, 9.17) is 19.2 Å². The van der Waals surface area contributed by atoms with Crippen LogP contribution < -0.4 is 25.6 Å². The van der Waals surface area contributed by atoms with Crippen molar-refractivity contribution in [3.8, 4) is 17.6 Å². The van der Waals surface area contributed by atoms with Gasteiger partial charge in [-0.1, -0.05) is 6.07 Å². The third-order valence-corrected chi connectivity index (χ3v) is 4.44. The Morgan fingerprint density at radius 1 is 1.28 bits per heavy atom. The number of hydrogen-bond acceptors (Lipinski definition) is 10. The van der Waals surface area contributed by atoms with Crippen LogP contribution in [0.4, 0.5) is 5.82 Å². The minimum atomic E-state index is -0.0602. The molecule has 0 amide bonds. The molecule has 2 unspecified atom stereocenters. The lowest BCUT2D eigenvalue weighted by atomic mass is 10.0. The van der Waals surface area contributed by atoms with Gasteiger partial charge in [0.2, 0.25) is 0 Å². The lowest BCUT2D eigenvalue weighted by Gasteiger charge is -2.16. The van der Waals surface area contributed by atoms with Gasteiger partial charge in [-0.2, -0.15) is 5.26 Å². The summed E-state index contributed by atoms with van der Waals surface area (Å²) in [6.07, 6.45) is 6.57. The lowest BCUT2D eigenvalue weighted by Crippen LogP contribution is -2.36. The number of benzene rings is 1. The molecule has 1 aliphatic rings. The monoisotopic (exact) mass is 393 g/mol. The molecule has 1 fully saturated rings. The number of nitriles is 1. The van der Waals surface area contributed by atoms with Crippen LogP contribution in [0.15, 0.2) is 47.7 Å². The predicted octanol–water partition coefficient (Wildman–Crippen LogP) is 1.90. The maximum Gasteiger partial charge on any atom is 0.180 e. The number of hydrazine groups is 1. The second-order valence-electron chi connectivity index (χ2n) is 6.34. The molecular weight excluding hydrogens is 374 g/mol. The van der Waals surface area contributed by atoms with Crippen LogP contribution in [0, 0.1) is 11.3 Å². The standard InChI is InChI=1S/C19H19N7O3/c1-27-17-4-14(29-10-13-9-28-11-23-13)2-3-15(17)16-5-18(26-25-16)24-19-8-21-12(6-20)7-22-19/h2-4,7-9,11,16,18,25-26H,5,10H2,1H3,(H,22,24). The summed E-state index contributed by atoms with van der Waals surface area (Å²) in [6, 6.07) is 7.69. The summed E-state index contributed by atoms with van der Waals surface area (Å²) in [7, 11) is 1.63. The SMILES string of the molecule is COc1cc(OCc2cocn2)ccc1C1CC(Nc2cnc(C#N)cn2)NN1. The molecule has 4 rings (SSSR count). The van der Waals surface area contributed by atoms with Crippen molar-refractivity contribution in [2.45, 2.75) is 25.2 Å². The van der Waals surface area contributed by atoms with Gasteiger partial charge in [-0.05, 0) is 6.07 Å². The highest BCUT2D eigenvalue weighted by Crippen LogP contribution is 2.33. The van der Waals surface area contributed by atoms with E-state index in [1.165, 1.54) is 18.8 Å². The topological polar surface area (TPSA) is 130 Å². The summed E-state index contributed by atoms with van der Waals surface area (Å²) >= 11 is 0. The Bertz CT molecular complexity index is 986. The molecule has 0 radical (unpaired) electrons. The number of nitrogens with one attached hydrogen (secondary N) is 3. The van der Waals surface area contributed by atoms with Crippen molar-refractivity contribution in [2.24, 2.45) is 0 Å². The van der Waals surface area contributed by atoms with Crippen LogP contribution in [-0.2, 0) is 6.61 Å². The quantitative estimate of drug-likeness (QED) is 0.547. The van der Waals surface area contributed by atoms with Gasteiger partial charge in [-0.25, -0.2) is 25.8 Å². The second kappa shape index (κ2) is 8.55. The van der Waals surface area contributed by atoms with E-state index in [-0.39, 0.29) is 17.9 Å². The van der Waals surface area contributed by atoms with Crippen molar-refractivity contribution in [3.05, 3.63) is 60.2 Å². The van der Waals surface area contributed by atoms with E-state index >= 15 is 0 Å². The lowest BCUT2D eigenvalue weighted by molar-refractivity contribution is 0.298. The Morgan fingerprint density at radius 3 is 2.93 bits per heavy atom. The molecule has 3 N–H and O–H groups in total. The van der Waals surface area contributed by atoms with Crippen LogP contribution in [0.3, 0.4) is 0 Å². The van der Waals surface area contributed by atoms with E-state index < -0.39 is 0 Å². The van der Waals surface area contributed by atoms with Crippen molar-refractivity contribution < 1.29 is 13.9 Å². The number of ether oxygens (including phenoxy) is 2. The Hall–Kier alpha value is -3.68. The number of anilines is 1. The molecule has 148 valence electrons. The molecule has 1 aliphatic heterocycles. The molecule has 29 heavy (non-hydrogen) atoms. The normalized spacial score (nSPS) is 18.2. The minimum Gasteiger partial charge on any atom is -0.496 e. The first-order chi connectivity index (χ1) is 14.2. The van der Waals surface area contributed by atoms with E-state index in [0.29, 0.717) is 18.2 Å². The van der Waals surface area contributed by atoms with Gasteiger partial charge in [-0.3, -0.25) is 0 Å². The Kier molecular flexibility index (Phi) is 5.51. The zero-order chi connectivity index (χ0) is 20.1. The van der Waals surface area contributed by atoms with Crippen molar-refractivity contribution in [1.82, 2.24) is 25.8 Å². The van der Waals surface area contributed by atoms with Crippen molar-refractivity contribution in [1.29, 1.82) is 5.26 Å². The van der Waals surface area contributed by atoms with Crippen LogP contribution in [0.25, 0.3) is 0 Å².